The second-order valence-corrected chi connectivity index (χ2v) is 7.06. The lowest BCUT2D eigenvalue weighted by Crippen LogP contribution is -2.09. The van der Waals surface area contributed by atoms with Crippen molar-refractivity contribution in [3.8, 4) is 0 Å². The van der Waals surface area contributed by atoms with E-state index in [0.717, 1.165) is 0 Å². The number of anilines is 1. The number of benzene rings is 1. The van der Waals surface area contributed by atoms with Gasteiger partial charge >= 0.3 is 6.03 Å². The zero-order valence-electron chi connectivity index (χ0n) is 9.70. The van der Waals surface area contributed by atoms with E-state index in [4.69, 9.17) is 0 Å². The largest absolute Gasteiger partial charge is 0.353 e. The summed E-state index contributed by atoms with van der Waals surface area (Å²) in [6.07, 6.45) is 1.46. The lowest BCUT2D eigenvalue weighted by molar-refractivity contribution is 0.260. The van der Waals surface area contributed by atoms with Gasteiger partial charge in [-0.25, -0.2) is 9.00 Å². The van der Waals surface area contributed by atoms with Crippen LogP contribution in [0.1, 0.15) is 0 Å². The fourth-order valence-corrected chi connectivity index (χ4v) is 3.57. The van der Waals surface area contributed by atoms with Gasteiger partial charge in [0.05, 0.1) is 13.9 Å². The molecule has 2 aromatic rings. The Kier molecular flexibility index (Phi) is 3.78. The number of para-hydroxylation sites is 1. The van der Waals surface area contributed by atoms with E-state index in [1.165, 1.54) is 17.6 Å². The molecule has 0 fully saturated rings. The second kappa shape index (κ2) is 5.32. The van der Waals surface area contributed by atoms with E-state index in [-0.39, 0.29) is 0 Å². The molecule has 1 heterocycles. The number of thiophene rings is 1. The van der Waals surface area contributed by atoms with Gasteiger partial charge in [-0.15, -0.1) is 15.7 Å². The van der Waals surface area contributed by atoms with Crippen LogP contribution < -0.4 is 5.32 Å². The normalized spacial score (nSPS) is 13.6. The Morgan fingerprint density at radius 1 is 1.22 bits per heavy atom. The number of amides is 2. The van der Waals surface area contributed by atoms with Crippen molar-refractivity contribution in [2.45, 2.75) is 4.21 Å². The first-order valence-electron chi connectivity index (χ1n) is 5.20. The van der Waals surface area contributed by atoms with Crippen molar-refractivity contribution in [1.29, 1.82) is 0 Å². The molecule has 1 aromatic carbocycles. The third-order valence-electron chi connectivity index (χ3n) is 2.15. The van der Waals surface area contributed by atoms with Gasteiger partial charge in [0.1, 0.15) is 0 Å². The number of nitrogens with zero attached hydrogens (tertiary/aromatic N) is 1. The summed E-state index contributed by atoms with van der Waals surface area (Å²) < 4.78 is 16.6. The average Bonchev–Trinajstić information content (AvgIpc) is 2.83. The predicted octanol–water partition coefficient (Wildman–Crippen LogP) is 3.44. The van der Waals surface area contributed by atoms with Gasteiger partial charge in [0.15, 0.2) is 0 Å². The van der Waals surface area contributed by atoms with Crippen LogP contribution in [0.2, 0.25) is 0 Å². The van der Waals surface area contributed by atoms with Crippen LogP contribution in [0.5, 0.6) is 0 Å². The summed E-state index contributed by atoms with van der Waals surface area (Å²) in [4.78, 5) is 11.7. The van der Waals surface area contributed by atoms with Crippen molar-refractivity contribution in [3.63, 3.8) is 0 Å². The van der Waals surface area contributed by atoms with Crippen LogP contribution in [0.15, 0.2) is 56.4 Å². The average molecular weight is 280 g/mol. The number of hydrogen-bond acceptors (Lipinski definition) is 3. The molecule has 94 valence electrons. The summed E-state index contributed by atoms with van der Waals surface area (Å²) in [7, 11) is -2.65. The number of nitrogens with one attached hydrogen (secondary N) is 1. The molecule has 18 heavy (non-hydrogen) atoms. The van der Waals surface area contributed by atoms with Crippen LogP contribution in [0, 0.1) is 0 Å². The Morgan fingerprint density at radius 2 is 1.94 bits per heavy atom. The first-order chi connectivity index (χ1) is 8.58. The summed E-state index contributed by atoms with van der Waals surface area (Å²) in [5, 5.41) is 4.39. The van der Waals surface area contributed by atoms with Gasteiger partial charge < -0.3 is 5.32 Å². The molecule has 0 saturated heterocycles. The molecule has 1 atom stereocenters. The summed E-state index contributed by atoms with van der Waals surface area (Å²) in [6, 6.07) is 11.9. The maximum Gasteiger partial charge on any atom is 0.353 e. The zero-order valence-corrected chi connectivity index (χ0v) is 11.3. The van der Waals surface area contributed by atoms with E-state index in [1.807, 2.05) is 11.4 Å². The highest BCUT2D eigenvalue weighted by Gasteiger charge is 2.10. The minimum absolute atomic E-state index is 0.595. The van der Waals surface area contributed by atoms with Crippen LogP contribution in [0.25, 0.3) is 0 Å². The number of carbonyl (C=O) groups excluding carboxylic acids is 1. The Balaban J connectivity index is 2.19. The lowest BCUT2D eigenvalue weighted by atomic mass is 10.3. The molecule has 1 aromatic heterocycles. The van der Waals surface area contributed by atoms with Crippen molar-refractivity contribution < 1.29 is 9.00 Å². The smallest absolute Gasteiger partial charge is 0.306 e. The highest BCUT2D eigenvalue weighted by Crippen LogP contribution is 2.18. The molecule has 2 amide bonds. The van der Waals surface area contributed by atoms with E-state index in [0.29, 0.717) is 9.90 Å². The predicted molar refractivity (Wildman–Crippen MR) is 74.5 cm³/mol. The zero-order chi connectivity index (χ0) is 13.0. The van der Waals surface area contributed by atoms with Crippen LogP contribution in [0.3, 0.4) is 0 Å². The maximum atomic E-state index is 12.2. The molecular formula is C12H12N2O2S2. The van der Waals surface area contributed by atoms with Crippen molar-refractivity contribution in [3.05, 3.63) is 47.8 Å². The van der Waals surface area contributed by atoms with E-state index < -0.39 is 15.8 Å². The minimum atomic E-state index is -2.65. The summed E-state index contributed by atoms with van der Waals surface area (Å²) >= 11 is 1.33. The first kappa shape index (κ1) is 12.8. The SMILES string of the molecule is CS(=O)(=NC(=O)Nc1ccccc1)c1cccs1. The third-order valence-corrected chi connectivity index (χ3v) is 5.43. The van der Waals surface area contributed by atoms with Gasteiger partial charge in [0.25, 0.3) is 0 Å². The van der Waals surface area contributed by atoms with Gasteiger partial charge in [0, 0.05) is 11.9 Å². The van der Waals surface area contributed by atoms with Crippen molar-refractivity contribution in [2.75, 3.05) is 11.6 Å². The standard InChI is InChI=1S/C12H12N2O2S2/c1-18(16,11-8-5-9-17-11)14-12(15)13-10-6-3-2-4-7-10/h2-9H,1H3,(H,13,15). The van der Waals surface area contributed by atoms with Crippen molar-refractivity contribution in [1.82, 2.24) is 0 Å². The van der Waals surface area contributed by atoms with E-state index in [9.17, 15) is 9.00 Å². The number of urea groups is 1. The second-order valence-electron chi connectivity index (χ2n) is 3.62. The summed E-state index contributed by atoms with van der Waals surface area (Å²) in [6.45, 7) is 0. The molecule has 0 radical (unpaired) electrons. The Morgan fingerprint density at radius 3 is 2.56 bits per heavy atom. The lowest BCUT2D eigenvalue weighted by Gasteiger charge is -2.03. The molecule has 1 N–H and O–H groups in total. The molecule has 0 spiro atoms. The van der Waals surface area contributed by atoms with Gasteiger partial charge in [-0.05, 0) is 23.6 Å². The van der Waals surface area contributed by atoms with Gasteiger partial charge in [0.2, 0.25) is 0 Å². The molecular weight excluding hydrogens is 268 g/mol. The molecule has 0 aliphatic heterocycles. The molecule has 0 bridgehead atoms. The summed E-state index contributed by atoms with van der Waals surface area (Å²) in [5.74, 6) is 0. The maximum absolute atomic E-state index is 12.2. The number of carbonyl (C=O) groups is 1. The first-order valence-corrected chi connectivity index (χ1v) is 8.00. The van der Waals surface area contributed by atoms with E-state index in [1.54, 1.807) is 36.4 Å². The van der Waals surface area contributed by atoms with Crippen LogP contribution in [0.4, 0.5) is 10.5 Å². The molecule has 1 unspecified atom stereocenters. The monoisotopic (exact) mass is 280 g/mol. The highest BCUT2D eigenvalue weighted by molar-refractivity contribution is 7.95. The van der Waals surface area contributed by atoms with Crippen LogP contribution in [-0.2, 0) is 9.73 Å². The number of hydrogen-bond donors (Lipinski definition) is 1. The number of rotatable bonds is 2. The highest BCUT2D eigenvalue weighted by atomic mass is 32.2. The fourth-order valence-electron chi connectivity index (χ4n) is 1.35. The molecule has 4 nitrogen and oxygen atoms in total. The minimum Gasteiger partial charge on any atom is -0.306 e. The summed E-state index contributed by atoms with van der Waals surface area (Å²) in [5.41, 5.74) is 0.632. The van der Waals surface area contributed by atoms with Gasteiger partial charge in [-0.3, -0.25) is 0 Å². The Bertz CT molecular complexity index is 642. The molecule has 2 rings (SSSR count). The third kappa shape index (κ3) is 3.18. The van der Waals surface area contributed by atoms with Crippen molar-refractivity contribution >= 4 is 32.8 Å². The molecule has 0 aliphatic carbocycles. The quantitative estimate of drug-likeness (QED) is 0.916. The van der Waals surface area contributed by atoms with E-state index in [2.05, 4.69) is 9.68 Å². The molecule has 0 saturated carbocycles. The van der Waals surface area contributed by atoms with Crippen LogP contribution in [-0.4, -0.2) is 16.5 Å². The fraction of sp³-hybridized carbons (Fsp3) is 0.0833. The van der Waals surface area contributed by atoms with Crippen molar-refractivity contribution in [2.24, 2.45) is 4.36 Å². The molecule has 0 aliphatic rings. The Hall–Kier alpha value is -1.66. The topological polar surface area (TPSA) is 58.5 Å². The Labute approximate surface area is 110 Å². The van der Waals surface area contributed by atoms with E-state index >= 15 is 0 Å². The van der Waals surface area contributed by atoms with Crippen LogP contribution >= 0.6 is 11.3 Å². The van der Waals surface area contributed by atoms with Gasteiger partial charge in [-0.1, -0.05) is 24.3 Å². The molecule has 6 heteroatoms. The van der Waals surface area contributed by atoms with Gasteiger partial charge in [-0.2, -0.15) is 0 Å².